The van der Waals surface area contributed by atoms with E-state index in [9.17, 15) is 0 Å². The highest BCUT2D eigenvalue weighted by atomic mass is 15.1. The Morgan fingerprint density at radius 2 is 2.22 bits per heavy atom. The molecule has 0 spiro atoms. The highest BCUT2D eigenvalue weighted by Gasteiger charge is 2.02. The Bertz CT molecular complexity index is 467. The van der Waals surface area contributed by atoms with Crippen molar-refractivity contribution in [3.8, 4) is 0 Å². The number of hydrogen-bond acceptors (Lipinski definition) is 5. The van der Waals surface area contributed by atoms with Crippen LogP contribution in [0.1, 0.15) is 6.92 Å². The number of hydrogen-bond donors (Lipinski definition) is 4. The zero-order valence-corrected chi connectivity index (χ0v) is 10.4. The second-order valence-corrected chi connectivity index (χ2v) is 4.22. The normalized spacial score (nSPS) is 12.1. The van der Waals surface area contributed by atoms with Gasteiger partial charge < -0.3 is 21.4 Å². The van der Waals surface area contributed by atoms with Crippen LogP contribution in [0.4, 0.5) is 17.5 Å². The monoisotopic (exact) mass is 246 g/mol. The minimum absolute atomic E-state index is 0.416. The summed E-state index contributed by atoms with van der Waals surface area (Å²) in [5, 5.41) is 6.39. The SMILES string of the molecule is CC(CN)CNc1cc(Nc2ccc[nH]2)ncn1. The number of H-pyrrole nitrogens is 1. The molecule has 2 heterocycles. The van der Waals surface area contributed by atoms with E-state index < -0.39 is 0 Å². The van der Waals surface area contributed by atoms with Gasteiger partial charge in [-0.3, -0.25) is 0 Å². The minimum Gasteiger partial charge on any atom is -0.370 e. The van der Waals surface area contributed by atoms with Crippen molar-refractivity contribution in [2.24, 2.45) is 11.7 Å². The molecule has 0 radical (unpaired) electrons. The van der Waals surface area contributed by atoms with E-state index in [-0.39, 0.29) is 0 Å². The average Bonchev–Trinajstić information content (AvgIpc) is 2.89. The fourth-order valence-corrected chi connectivity index (χ4v) is 1.43. The molecule has 0 aliphatic carbocycles. The molecule has 2 rings (SSSR count). The molecule has 0 saturated carbocycles. The molecule has 0 amide bonds. The highest BCUT2D eigenvalue weighted by Crippen LogP contribution is 2.14. The zero-order chi connectivity index (χ0) is 12.8. The van der Waals surface area contributed by atoms with Crippen LogP contribution in [0.15, 0.2) is 30.7 Å². The molecule has 2 aromatic heterocycles. The maximum atomic E-state index is 5.57. The van der Waals surface area contributed by atoms with Gasteiger partial charge in [0.1, 0.15) is 23.8 Å². The summed E-state index contributed by atoms with van der Waals surface area (Å²) in [6.07, 6.45) is 3.38. The molecule has 1 unspecified atom stereocenters. The molecular formula is C12H18N6. The van der Waals surface area contributed by atoms with Crippen LogP contribution in [0.2, 0.25) is 0 Å². The summed E-state index contributed by atoms with van der Waals surface area (Å²) in [7, 11) is 0. The van der Waals surface area contributed by atoms with Gasteiger partial charge in [-0.2, -0.15) is 0 Å². The number of nitrogens with two attached hydrogens (primary N) is 1. The van der Waals surface area contributed by atoms with E-state index in [2.05, 4.69) is 32.5 Å². The molecule has 2 aromatic rings. The van der Waals surface area contributed by atoms with Crippen molar-refractivity contribution < 1.29 is 0 Å². The van der Waals surface area contributed by atoms with Crippen molar-refractivity contribution in [2.45, 2.75) is 6.92 Å². The molecule has 5 N–H and O–H groups in total. The van der Waals surface area contributed by atoms with Crippen molar-refractivity contribution in [1.29, 1.82) is 0 Å². The molecule has 0 aromatic carbocycles. The standard InChI is InChI=1S/C12H18N6/c1-9(6-13)7-15-11-5-12(17-8-16-11)18-10-3-2-4-14-10/h2-5,8-9,14H,6-7,13H2,1H3,(H2,15,16,17,18). The lowest BCUT2D eigenvalue weighted by Crippen LogP contribution is -2.20. The largest absolute Gasteiger partial charge is 0.370 e. The average molecular weight is 246 g/mol. The van der Waals surface area contributed by atoms with Gasteiger partial charge in [0, 0.05) is 18.8 Å². The molecule has 18 heavy (non-hydrogen) atoms. The van der Waals surface area contributed by atoms with Crippen molar-refractivity contribution in [1.82, 2.24) is 15.0 Å². The van der Waals surface area contributed by atoms with Crippen molar-refractivity contribution >= 4 is 17.5 Å². The van der Waals surface area contributed by atoms with Crippen LogP contribution >= 0.6 is 0 Å². The smallest absolute Gasteiger partial charge is 0.136 e. The Morgan fingerprint density at radius 3 is 2.94 bits per heavy atom. The lowest BCUT2D eigenvalue weighted by molar-refractivity contribution is 0.627. The molecule has 0 fully saturated rings. The van der Waals surface area contributed by atoms with Crippen molar-refractivity contribution in [3.05, 3.63) is 30.7 Å². The van der Waals surface area contributed by atoms with E-state index in [1.165, 1.54) is 6.33 Å². The Hall–Kier alpha value is -2.08. The maximum absolute atomic E-state index is 5.57. The third-order valence-corrected chi connectivity index (χ3v) is 2.56. The first-order valence-electron chi connectivity index (χ1n) is 5.94. The lowest BCUT2D eigenvalue weighted by Gasteiger charge is -2.11. The van der Waals surface area contributed by atoms with Crippen LogP contribution in [0.3, 0.4) is 0 Å². The van der Waals surface area contributed by atoms with E-state index in [4.69, 9.17) is 5.73 Å². The molecular weight excluding hydrogens is 228 g/mol. The fourth-order valence-electron chi connectivity index (χ4n) is 1.43. The third kappa shape index (κ3) is 3.46. The number of anilines is 3. The zero-order valence-electron chi connectivity index (χ0n) is 10.4. The lowest BCUT2D eigenvalue weighted by atomic mass is 10.2. The third-order valence-electron chi connectivity index (χ3n) is 2.56. The number of nitrogens with one attached hydrogen (secondary N) is 3. The number of rotatable bonds is 6. The Balaban J connectivity index is 1.96. The molecule has 6 nitrogen and oxygen atoms in total. The van der Waals surface area contributed by atoms with Crippen LogP contribution in [-0.2, 0) is 0 Å². The Morgan fingerprint density at radius 1 is 1.39 bits per heavy atom. The minimum atomic E-state index is 0.416. The van der Waals surface area contributed by atoms with E-state index in [1.54, 1.807) is 0 Å². The summed E-state index contributed by atoms with van der Waals surface area (Å²) in [6.45, 7) is 3.55. The summed E-state index contributed by atoms with van der Waals surface area (Å²) in [6, 6.07) is 5.72. The number of aromatic nitrogens is 3. The molecule has 0 aliphatic heterocycles. The van der Waals surface area contributed by atoms with Gasteiger partial charge in [-0.25, -0.2) is 9.97 Å². The van der Waals surface area contributed by atoms with Gasteiger partial charge in [-0.1, -0.05) is 6.92 Å². The molecule has 0 bridgehead atoms. The van der Waals surface area contributed by atoms with Crippen LogP contribution in [0, 0.1) is 5.92 Å². The van der Waals surface area contributed by atoms with Crippen LogP contribution in [0.25, 0.3) is 0 Å². The first kappa shape index (κ1) is 12.4. The second kappa shape index (κ2) is 6.02. The molecule has 0 saturated heterocycles. The Kier molecular flexibility index (Phi) is 4.14. The van der Waals surface area contributed by atoms with Crippen molar-refractivity contribution in [3.63, 3.8) is 0 Å². The molecule has 96 valence electrons. The van der Waals surface area contributed by atoms with Crippen LogP contribution in [0.5, 0.6) is 0 Å². The van der Waals surface area contributed by atoms with Crippen LogP contribution < -0.4 is 16.4 Å². The summed E-state index contributed by atoms with van der Waals surface area (Å²) < 4.78 is 0. The predicted octanol–water partition coefficient (Wildman–Crippen LogP) is 1.55. The Labute approximate surface area is 106 Å². The predicted molar refractivity (Wildman–Crippen MR) is 72.8 cm³/mol. The van der Waals surface area contributed by atoms with Crippen LogP contribution in [-0.4, -0.2) is 28.0 Å². The van der Waals surface area contributed by atoms with Gasteiger partial charge >= 0.3 is 0 Å². The van der Waals surface area contributed by atoms with E-state index in [0.29, 0.717) is 12.5 Å². The topological polar surface area (TPSA) is 91.7 Å². The summed E-state index contributed by atoms with van der Waals surface area (Å²) in [5.41, 5.74) is 5.57. The summed E-state index contributed by atoms with van der Waals surface area (Å²) >= 11 is 0. The number of aromatic amines is 1. The maximum Gasteiger partial charge on any atom is 0.136 e. The van der Waals surface area contributed by atoms with Crippen molar-refractivity contribution in [2.75, 3.05) is 23.7 Å². The van der Waals surface area contributed by atoms with E-state index in [0.717, 1.165) is 24.0 Å². The van der Waals surface area contributed by atoms with Gasteiger partial charge in [-0.15, -0.1) is 0 Å². The van der Waals surface area contributed by atoms with Gasteiger partial charge in [0.15, 0.2) is 0 Å². The van der Waals surface area contributed by atoms with Gasteiger partial charge in [0.2, 0.25) is 0 Å². The summed E-state index contributed by atoms with van der Waals surface area (Å²) in [4.78, 5) is 11.4. The van der Waals surface area contributed by atoms with E-state index in [1.807, 2.05) is 24.4 Å². The first-order valence-corrected chi connectivity index (χ1v) is 5.94. The van der Waals surface area contributed by atoms with Gasteiger partial charge in [0.05, 0.1) is 0 Å². The number of nitrogens with zero attached hydrogens (tertiary/aromatic N) is 2. The fraction of sp³-hybridized carbons (Fsp3) is 0.333. The second-order valence-electron chi connectivity index (χ2n) is 4.22. The highest BCUT2D eigenvalue weighted by molar-refractivity contribution is 5.55. The molecule has 6 heteroatoms. The quantitative estimate of drug-likeness (QED) is 0.621. The molecule has 0 aliphatic rings. The van der Waals surface area contributed by atoms with Gasteiger partial charge in [0.25, 0.3) is 0 Å². The summed E-state index contributed by atoms with van der Waals surface area (Å²) in [5.74, 6) is 2.85. The van der Waals surface area contributed by atoms with Gasteiger partial charge in [-0.05, 0) is 24.6 Å². The van der Waals surface area contributed by atoms with E-state index >= 15 is 0 Å². The molecule has 1 atom stereocenters. The first-order chi connectivity index (χ1) is 8.78.